The third-order valence-electron chi connectivity index (χ3n) is 4.69. The minimum absolute atomic E-state index is 0.222. The Morgan fingerprint density at radius 1 is 1.04 bits per heavy atom. The van der Waals surface area contributed by atoms with Crippen molar-refractivity contribution in [3.8, 4) is 0 Å². The molecule has 0 saturated carbocycles. The van der Waals surface area contributed by atoms with E-state index in [0.29, 0.717) is 6.54 Å². The second-order valence-corrected chi connectivity index (χ2v) is 6.62. The lowest BCUT2D eigenvalue weighted by Crippen LogP contribution is -2.35. The van der Waals surface area contributed by atoms with Gasteiger partial charge in [-0.3, -0.25) is 9.88 Å². The van der Waals surface area contributed by atoms with Gasteiger partial charge in [-0.25, -0.2) is 9.59 Å². The van der Waals surface area contributed by atoms with E-state index in [1.807, 2.05) is 30.3 Å². The summed E-state index contributed by atoms with van der Waals surface area (Å²) in [5.74, 6) is -1.04. The predicted molar refractivity (Wildman–Crippen MR) is 100 cm³/mol. The molecule has 0 bridgehead atoms. The van der Waals surface area contributed by atoms with Gasteiger partial charge >= 0.3 is 11.9 Å². The number of ether oxygens (including phenoxy) is 2. The fourth-order valence-electron chi connectivity index (χ4n) is 3.23. The SMILES string of the molecule is COC(=O)c1cncc(C(=O)OC(CN2CCCCC2)c2ccccc2)c1. The fourth-order valence-corrected chi connectivity index (χ4v) is 3.23. The number of esters is 2. The zero-order valence-electron chi connectivity index (χ0n) is 15.5. The summed E-state index contributed by atoms with van der Waals surface area (Å²) in [7, 11) is 1.29. The number of carbonyl (C=O) groups is 2. The van der Waals surface area contributed by atoms with Crippen molar-refractivity contribution in [2.45, 2.75) is 25.4 Å². The maximum Gasteiger partial charge on any atom is 0.340 e. The number of hydrogen-bond donors (Lipinski definition) is 0. The van der Waals surface area contributed by atoms with Crippen LogP contribution in [0.4, 0.5) is 0 Å². The van der Waals surface area contributed by atoms with Gasteiger partial charge in [-0.2, -0.15) is 0 Å². The van der Waals surface area contributed by atoms with E-state index in [2.05, 4.69) is 14.6 Å². The molecule has 142 valence electrons. The van der Waals surface area contributed by atoms with Gasteiger partial charge in [0.25, 0.3) is 0 Å². The molecule has 6 heteroatoms. The highest BCUT2D eigenvalue weighted by molar-refractivity contribution is 5.94. The molecule has 0 N–H and O–H groups in total. The molecule has 3 rings (SSSR count). The molecule has 1 aliphatic heterocycles. The average Bonchev–Trinajstić information content (AvgIpc) is 2.74. The van der Waals surface area contributed by atoms with Crippen LogP contribution in [-0.4, -0.2) is 48.6 Å². The molecule has 0 aliphatic carbocycles. The lowest BCUT2D eigenvalue weighted by molar-refractivity contribution is 0.0177. The van der Waals surface area contributed by atoms with Crippen LogP contribution in [0.25, 0.3) is 0 Å². The number of rotatable bonds is 6. The third-order valence-corrected chi connectivity index (χ3v) is 4.69. The van der Waals surface area contributed by atoms with Crippen molar-refractivity contribution in [1.82, 2.24) is 9.88 Å². The van der Waals surface area contributed by atoms with Crippen molar-refractivity contribution in [1.29, 1.82) is 0 Å². The Morgan fingerprint density at radius 3 is 2.37 bits per heavy atom. The fraction of sp³-hybridized carbons (Fsp3) is 0.381. The van der Waals surface area contributed by atoms with Gasteiger partial charge in [0.05, 0.1) is 18.2 Å². The van der Waals surface area contributed by atoms with Crippen molar-refractivity contribution < 1.29 is 19.1 Å². The van der Waals surface area contributed by atoms with Crippen LogP contribution in [0.15, 0.2) is 48.8 Å². The molecule has 27 heavy (non-hydrogen) atoms. The molecular formula is C21H24N2O4. The molecule has 1 aliphatic rings. The highest BCUT2D eigenvalue weighted by atomic mass is 16.5. The van der Waals surface area contributed by atoms with E-state index >= 15 is 0 Å². The Labute approximate surface area is 159 Å². The van der Waals surface area contributed by atoms with Gasteiger partial charge in [0.15, 0.2) is 0 Å². The minimum atomic E-state index is -0.537. The van der Waals surface area contributed by atoms with Gasteiger partial charge in [0, 0.05) is 18.9 Å². The first-order chi connectivity index (χ1) is 13.2. The lowest BCUT2D eigenvalue weighted by atomic mass is 10.1. The standard InChI is InChI=1S/C21H24N2O4/c1-26-20(24)17-12-18(14-22-13-17)21(25)27-19(16-8-4-2-5-9-16)15-23-10-6-3-7-11-23/h2,4-5,8-9,12-14,19H,3,6-7,10-11,15H2,1H3. The molecule has 1 saturated heterocycles. The molecule has 0 spiro atoms. The smallest absolute Gasteiger partial charge is 0.340 e. The van der Waals surface area contributed by atoms with Gasteiger partial charge in [-0.15, -0.1) is 0 Å². The Kier molecular flexibility index (Phi) is 6.54. The van der Waals surface area contributed by atoms with E-state index < -0.39 is 11.9 Å². The highest BCUT2D eigenvalue weighted by Gasteiger charge is 2.23. The van der Waals surface area contributed by atoms with Crippen molar-refractivity contribution in [2.75, 3.05) is 26.7 Å². The van der Waals surface area contributed by atoms with Gasteiger partial charge in [0.2, 0.25) is 0 Å². The molecule has 1 aromatic carbocycles. The van der Waals surface area contributed by atoms with E-state index in [0.717, 1.165) is 18.7 Å². The van der Waals surface area contributed by atoms with Crippen LogP contribution in [0.2, 0.25) is 0 Å². The molecule has 1 atom stereocenters. The Balaban J connectivity index is 1.76. The summed E-state index contributed by atoms with van der Waals surface area (Å²) in [4.78, 5) is 30.7. The third kappa shape index (κ3) is 5.14. The van der Waals surface area contributed by atoms with Crippen molar-refractivity contribution in [2.24, 2.45) is 0 Å². The summed E-state index contributed by atoms with van der Waals surface area (Å²) in [6, 6.07) is 11.2. The van der Waals surface area contributed by atoms with Crippen LogP contribution < -0.4 is 0 Å². The first-order valence-corrected chi connectivity index (χ1v) is 9.19. The average molecular weight is 368 g/mol. The van der Waals surface area contributed by atoms with E-state index in [1.54, 1.807) is 0 Å². The first kappa shape index (κ1) is 19.0. The lowest BCUT2D eigenvalue weighted by Gasteiger charge is -2.30. The van der Waals surface area contributed by atoms with Crippen LogP contribution in [0, 0.1) is 0 Å². The van der Waals surface area contributed by atoms with Crippen molar-refractivity contribution in [3.63, 3.8) is 0 Å². The van der Waals surface area contributed by atoms with E-state index in [1.165, 1.54) is 44.8 Å². The molecule has 0 radical (unpaired) electrons. The van der Waals surface area contributed by atoms with Gasteiger partial charge in [-0.05, 0) is 37.6 Å². The number of piperidine rings is 1. The normalized spacial score (nSPS) is 15.7. The largest absolute Gasteiger partial charge is 0.465 e. The second kappa shape index (κ2) is 9.28. The minimum Gasteiger partial charge on any atom is -0.465 e. The number of pyridine rings is 1. The quantitative estimate of drug-likeness (QED) is 0.729. The maximum absolute atomic E-state index is 12.7. The Hall–Kier alpha value is -2.73. The second-order valence-electron chi connectivity index (χ2n) is 6.62. The zero-order chi connectivity index (χ0) is 19.1. The molecule has 2 aromatic rings. The van der Waals surface area contributed by atoms with E-state index in [9.17, 15) is 9.59 Å². The summed E-state index contributed by atoms with van der Waals surface area (Å²) < 4.78 is 10.5. The van der Waals surface area contributed by atoms with Gasteiger partial charge < -0.3 is 9.47 Å². The zero-order valence-corrected chi connectivity index (χ0v) is 15.5. The van der Waals surface area contributed by atoms with Crippen LogP contribution in [0.3, 0.4) is 0 Å². The number of aromatic nitrogens is 1. The summed E-state index contributed by atoms with van der Waals surface area (Å²) in [5, 5.41) is 0. The van der Waals surface area contributed by atoms with Crippen LogP contribution in [0.5, 0.6) is 0 Å². The number of nitrogens with zero attached hydrogens (tertiary/aromatic N) is 2. The van der Waals surface area contributed by atoms with Crippen LogP contribution in [0.1, 0.15) is 51.6 Å². The molecule has 6 nitrogen and oxygen atoms in total. The number of carbonyl (C=O) groups excluding carboxylic acids is 2. The monoisotopic (exact) mass is 368 g/mol. The topological polar surface area (TPSA) is 68.7 Å². The number of likely N-dealkylation sites (tertiary alicyclic amines) is 1. The first-order valence-electron chi connectivity index (χ1n) is 9.19. The number of hydrogen-bond acceptors (Lipinski definition) is 6. The van der Waals surface area contributed by atoms with E-state index in [4.69, 9.17) is 4.74 Å². The number of methoxy groups -OCH3 is 1. The maximum atomic E-state index is 12.7. The van der Waals surface area contributed by atoms with Crippen LogP contribution in [-0.2, 0) is 9.47 Å². The van der Waals surface area contributed by atoms with Crippen molar-refractivity contribution >= 4 is 11.9 Å². The molecular weight excluding hydrogens is 344 g/mol. The Bertz CT molecular complexity index is 773. The highest BCUT2D eigenvalue weighted by Crippen LogP contribution is 2.22. The molecule has 1 aromatic heterocycles. The molecule has 1 unspecified atom stereocenters. The number of benzene rings is 1. The molecule has 1 fully saturated rings. The summed E-state index contributed by atoms with van der Waals surface area (Å²) >= 11 is 0. The van der Waals surface area contributed by atoms with Crippen LogP contribution >= 0.6 is 0 Å². The molecule has 2 heterocycles. The Morgan fingerprint density at radius 2 is 1.70 bits per heavy atom. The summed E-state index contributed by atoms with van der Waals surface area (Å²) in [6.07, 6.45) is 5.97. The predicted octanol–water partition coefficient (Wildman–Crippen LogP) is 3.25. The molecule has 0 amide bonds. The van der Waals surface area contributed by atoms with Crippen molar-refractivity contribution in [3.05, 3.63) is 65.5 Å². The summed E-state index contributed by atoms with van der Waals surface area (Å²) in [5.41, 5.74) is 1.41. The van der Waals surface area contributed by atoms with Gasteiger partial charge in [0.1, 0.15) is 6.10 Å². The van der Waals surface area contributed by atoms with E-state index in [-0.39, 0.29) is 17.2 Å². The van der Waals surface area contributed by atoms with Gasteiger partial charge in [-0.1, -0.05) is 36.8 Å². The summed E-state index contributed by atoms with van der Waals surface area (Å²) in [6.45, 7) is 2.68.